The third-order valence-electron chi connectivity index (χ3n) is 2.70. The van der Waals surface area contributed by atoms with Crippen LogP contribution in [0.4, 0.5) is 0 Å². The lowest BCUT2D eigenvalue weighted by atomic mass is 10.0. The number of amides is 1. The number of carbonyl (C=O) groups is 1. The highest BCUT2D eigenvalue weighted by Gasteiger charge is 2.15. The number of phenols is 1. The highest BCUT2D eigenvalue weighted by molar-refractivity contribution is 5.80. The zero-order valence-electron chi connectivity index (χ0n) is 10.5. The highest BCUT2D eigenvalue weighted by atomic mass is 16.3. The minimum Gasteiger partial charge on any atom is -0.508 e. The molecule has 1 aromatic carbocycles. The molecule has 4 heteroatoms. The van der Waals surface area contributed by atoms with E-state index in [2.05, 4.69) is 5.32 Å². The van der Waals surface area contributed by atoms with Gasteiger partial charge in [-0.05, 0) is 30.5 Å². The van der Waals surface area contributed by atoms with Crippen LogP contribution < -0.4 is 5.32 Å². The van der Waals surface area contributed by atoms with Gasteiger partial charge in [0.15, 0.2) is 0 Å². The molecule has 2 N–H and O–H groups in total. The number of nitriles is 1. The quantitative estimate of drug-likeness (QED) is 0.806. The normalized spacial score (nSPS) is 11.6. The SMILES string of the molecule is CCCC(C#N)C(=O)NCCc1ccc(O)cc1. The molecule has 0 aliphatic heterocycles. The van der Waals surface area contributed by atoms with Gasteiger partial charge in [0.2, 0.25) is 5.91 Å². The molecular weight excluding hydrogens is 228 g/mol. The summed E-state index contributed by atoms with van der Waals surface area (Å²) in [6.07, 6.45) is 2.11. The molecule has 0 heterocycles. The maximum Gasteiger partial charge on any atom is 0.237 e. The van der Waals surface area contributed by atoms with Crippen molar-refractivity contribution in [2.75, 3.05) is 6.54 Å². The van der Waals surface area contributed by atoms with E-state index in [1.807, 2.05) is 25.1 Å². The van der Waals surface area contributed by atoms with E-state index in [1.165, 1.54) is 0 Å². The minimum atomic E-state index is -0.546. The van der Waals surface area contributed by atoms with Crippen molar-refractivity contribution < 1.29 is 9.90 Å². The van der Waals surface area contributed by atoms with E-state index in [1.54, 1.807) is 12.1 Å². The van der Waals surface area contributed by atoms with Crippen LogP contribution in [0, 0.1) is 17.2 Å². The van der Waals surface area contributed by atoms with Crippen LogP contribution in [0.3, 0.4) is 0 Å². The van der Waals surface area contributed by atoms with Crippen molar-refractivity contribution in [1.82, 2.24) is 5.32 Å². The third-order valence-corrected chi connectivity index (χ3v) is 2.70. The van der Waals surface area contributed by atoms with Crippen molar-refractivity contribution in [2.45, 2.75) is 26.2 Å². The van der Waals surface area contributed by atoms with E-state index in [-0.39, 0.29) is 11.7 Å². The molecule has 18 heavy (non-hydrogen) atoms. The molecule has 0 aliphatic rings. The molecule has 1 atom stereocenters. The monoisotopic (exact) mass is 246 g/mol. The van der Waals surface area contributed by atoms with Crippen LogP contribution in [-0.4, -0.2) is 17.6 Å². The van der Waals surface area contributed by atoms with E-state index < -0.39 is 5.92 Å². The molecule has 4 nitrogen and oxygen atoms in total. The topological polar surface area (TPSA) is 73.1 Å². The summed E-state index contributed by atoms with van der Waals surface area (Å²) in [5, 5.41) is 20.7. The Balaban J connectivity index is 2.35. The van der Waals surface area contributed by atoms with Crippen molar-refractivity contribution in [3.05, 3.63) is 29.8 Å². The summed E-state index contributed by atoms with van der Waals surface area (Å²) in [5.74, 6) is -0.511. The summed E-state index contributed by atoms with van der Waals surface area (Å²) in [5.41, 5.74) is 1.04. The van der Waals surface area contributed by atoms with Gasteiger partial charge in [0.25, 0.3) is 0 Å². The number of hydrogen-bond donors (Lipinski definition) is 2. The molecule has 1 aromatic rings. The first-order valence-electron chi connectivity index (χ1n) is 6.12. The second-order valence-electron chi connectivity index (χ2n) is 4.18. The molecular formula is C14H18N2O2. The molecule has 1 unspecified atom stereocenters. The lowest BCUT2D eigenvalue weighted by Gasteiger charge is -2.09. The van der Waals surface area contributed by atoms with E-state index in [0.717, 1.165) is 12.0 Å². The summed E-state index contributed by atoms with van der Waals surface area (Å²) in [6.45, 7) is 2.46. The smallest absolute Gasteiger partial charge is 0.237 e. The number of benzene rings is 1. The van der Waals surface area contributed by atoms with Crippen molar-refractivity contribution in [3.63, 3.8) is 0 Å². The molecule has 96 valence electrons. The second-order valence-corrected chi connectivity index (χ2v) is 4.18. The van der Waals surface area contributed by atoms with Gasteiger partial charge in [-0.1, -0.05) is 25.5 Å². The molecule has 0 spiro atoms. The Labute approximate surface area is 107 Å². The van der Waals surface area contributed by atoms with Crippen molar-refractivity contribution in [3.8, 4) is 11.8 Å². The number of phenolic OH excluding ortho intramolecular Hbond substituents is 1. The number of carbonyl (C=O) groups excluding carboxylic acids is 1. The summed E-state index contributed by atoms with van der Waals surface area (Å²) in [6, 6.07) is 8.88. The predicted molar refractivity (Wildman–Crippen MR) is 68.8 cm³/mol. The summed E-state index contributed by atoms with van der Waals surface area (Å²) in [4.78, 5) is 11.6. The molecule has 0 fully saturated rings. The molecule has 0 bridgehead atoms. The first-order valence-corrected chi connectivity index (χ1v) is 6.12. The predicted octanol–water partition coefficient (Wildman–Crippen LogP) is 1.99. The van der Waals surface area contributed by atoms with Gasteiger partial charge in [-0.3, -0.25) is 4.79 Å². The number of aromatic hydroxyl groups is 1. The zero-order valence-corrected chi connectivity index (χ0v) is 10.5. The maximum absolute atomic E-state index is 11.6. The minimum absolute atomic E-state index is 0.196. The summed E-state index contributed by atoms with van der Waals surface area (Å²) < 4.78 is 0. The van der Waals surface area contributed by atoms with Gasteiger partial charge in [-0.2, -0.15) is 5.26 Å². The average Bonchev–Trinajstić information content (AvgIpc) is 2.38. The molecule has 0 saturated carbocycles. The van der Waals surface area contributed by atoms with Crippen LogP contribution in [0.25, 0.3) is 0 Å². The van der Waals surface area contributed by atoms with E-state index >= 15 is 0 Å². The molecule has 0 radical (unpaired) electrons. The van der Waals surface area contributed by atoms with Gasteiger partial charge in [0.1, 0.15) is 11.7 Å². The second kappa shape index (κ2) is 7.33. The fraction of sp³-hybridized carbons (Fsp3) is 0.429. The molecule has 1 amide bonds. The Morgan fingerprint density at radius 3 is 2.67 bits per heavy atom. The van der Waals surface area contributed by atoms with Gasteiger partial charge in [0, 0.05) is 6.54 Å². The van der Waals surface area contributed by atoms with Crippen LogP contribution in [0.15, 0.2) is 24.3 Å². The van der Waals surface area contributed by atoms with E-state index in [9.17, 15) is 4.79 Å². The van der Waals surface area contributed by atoms with Gasteiger partial charge < -0.3 is 10.4 Å². The van der Waals surface area contributed by atoms with E-state index in [0.29, 0.717) is 19.4 Å². The lowest BCUT2D eigenvalue weighted by molar-refractivity contribution is -0.123. The fourth-order valence-corrected chi connectivity index (χ4v) is 1.66. The van der Waals surface area contributed by atoms with Gasteiger partial charge in [-0.25, -0.2) is 0 Å². The maximum atomic E-state index is 11.6. The van der Waals surface area contributed by atoms with Crippen LogP contribution in [-0.2, 0) is 11.2 Å². The molecule has 0 aliphatic carbocycles. The zero-order chi connectivity index (χ0) is 13.4. The Morgan fingerprint density at radius 1 is 1.44 bits per heavy atom. The number of nitrogens with one attached hydrogen (secondary N) is 1. The third kappa shape index (κ3) is 4.46. The lowest BCUT2D eigenvalue weighted by Crippen LogP contribution is -2.31. The van der Waals surface area contributed by atoms with Crippen molar-refractivity contribution >= 4 is 5.91 Å². The van der Waals surface area contributed by atoms with E-state index in [4.69, 9.17) is 10.4 Å². The van der Waals surface area contributed by atoms with Crippen LogP contribution in [0.1, 0.15) is 25.3 Å². The van der Waals surface area contributed by atoms with Gasteiger partial charge >= 0.3 is 0 Å². The molecule has 1 rings (SSSR count). The fourth-order valence-electron chi connectivity index (χ4n) is 1.66. The Morgan fingerprint density at radius 2 is 2.11 bits per heavy atom. The van der Waals surface area contributed by atoms with Crippen LogP contribution >= 0.6 is 0 Å². The molecule has 0 aromatic heterocycles. The molecule has 0 saturated heterocycles. The van der Waals surface area contributed by atoms with Crippen LogP contribution in [0.5, 0.6) is 5.75 Å². The largest absolute Gasteiger partial charge is 0.508 e. The van der Waals surface area contributed by atoms with Crippen LogP contribution in [0.2, 0.25) is 0 Å². The first kappa shape index (κ1) is 14.0. The van der Waals surface area contributed by atoms with Gasteiger partial charge in [-0.15, -0.1) is 0 Å². The summed E-state index contributed by atoms with van der Waals surface area (Å²) >= 11 is 0. The Bertz CT molecular complexity index is 420. The first-order chi connectivity index (χ1) is 8.67. The number of hydrogen-bond acceptors (Lipinski definition) is 3. The van der Waals surface area contributed by atoms with Crippen molar-refractivity contribution in [2.24, 2.45) is 5.92 Å². The van der Waals surface area contributed by atoms with Crippen molar-refractivity contribution in [1.29, 1.82) is 5.26 Å². The average molecular weight is 246 g/mol. The number of nitrogens with zero attached hydrogens (tertiary/aromatic N) is 1. The highest BCUT2D eigenvalue weighted by Crippen LogP contribution is 2.10. The Kier molecular flexibility index (Phi) is 5.72. The van der Waals surface area contributed by atoms with Gasteiger partial charge in [0.05, 0.1) is 6.07 Å². The standard InChI is InChI=1S/C14H18N2O2/c1-2-3-12(10-15)14(18)16-9-8-11-4-6-13(17)7-5-11/h4-7,12,17H,2-3,8-9H2,1H3,(H,16,18). The number of rotatable bonds is 6. The Hall–Kier alpha value is -2.02. The summed E-state index contributed by atoms with van der Waals surface area (Å²) in [7, 11) is 0.